The molecule has 0 aliphatic carbocycles. The smallest absolute Gasteiger partial charge is 0.251 e. The molecule has 0 bridgehead atoms. The number of aromatic nitrogens is 2. The highest BCUT2D eigenvalue weighted by Gasteiger charge is 2.15. The van der Waals surface area contributed by atoms with Crippen molar-refractivity contribution in [2.75, 3.05) is 19.8 Å². The number of aliphatic hydroxyl groups excluding tert-OH is 1. The number of rotatable bonds is 7. The zero-order valence-electron chi connectivity index (χ0n) is 13.8. The number of nitrogens with one attached hydrogen (secondary N) is 1. The predicted octanol–water partition coefficient (Wildman–Crippen LogP) is 2.48. The standard InChI is InChI=1S/C18H19N3O3S/c1-12-2-4-13(5-3-12)17(24-9-8-22)11-19-18(23)14-6-7-15-16(10-14)21-25-20-15/h2-7,10,17,22H,8-9,11H2,1H3,(H,19,23)/t17-/m1/s1. The lowest BCUT2D eigenvalue weighted by Crippen LogP contribution is -2.30. The van der Waals surface area contributed by atoms with Crippen LogP contribution in [-0.2, 0) is 4.74 Å². The van der Waals surface area contributed by atoms with Gasteiger partial charge in [0.2, 0.25) is 0 Å². The predicted molar refractivity (Wildman–Crippen MR) is 96.7 cm³/mol. The van der Waals surface area contributed by atoms with E-state index in [1.54, 1.807) is 18.2 Å². The maximum atomic E-state index is 12.4. The van der Waals surface area contributed by atoms with Gasteiger partial charge in [-0.05, 0) is 30.7 Å². The first-order valence-electron chi connectivity index (χ1n) is 7.97. The van der Waals surface area contributed by atoms with Gasteiger partial charge >= 0.3 is 0 Å². The Bertz CT molecular complexity index is 848. The van der Waals surface area contributed by atoms with Gasteiger partial charge in [0, 0.05) is 12.1 Å². The minimum Gasteiger partial charge on any atom is -0.394 e. The molecule has 7 heteroatoms. The Labute approximate surface area is 149 Å². The summed E-state index contributed by atoms with van der Waals surface area (Å²) in [5.41, 5.74) is 4.14. The lowest BCUT2D eigenvalue weighted by molar-refractivity contribution is 0.0277. The van der Waals surface area contributed by atoms with E-state index in [-0.39, 0.29) is 25.2 Å². The Balaban J connectivity index is 1.68. The third-order valence-electron chi connectivity index (χ3n) is 3.82. The molecular weight excluding hydrogens is 338 g/mol. The van der Waals surface area contributed by atoms with E-state index in [1.807, 2.05) is 31.2 Å². The summed E-state index contributed by atoms with van der Waals surface area (Å²) in [7, 11) is 0. The second kappa shape index (κ2) is 8.15. The summed E-state index contributed by atoms with van der Waals surface area (Å²) in [6.45, 7) is 2.47. The van der Waals surface area contributed by atoms with Gasteiger partial charge < -0.3 is 15.2 Å². The molecule has 1 atom stereocenters. The molecule has 3 rings (SSSR count). The molecule has 1 aromatic heterocycles. The van der Waals surface area contributed by atoms with E-state index in [1.165, 1.54) is 0 Å². The minimum atomic E-state index is -0.318. The van der Waals surface area contributed by atoms with Crippen LogP contribution < -0.4 is 5.32 Å². The zero-order valence-corrected chi connectivity index (χ0v) is 14.6. The summed E-state index contributed by atoms with van der Waals surface area (Å²) in [5.74, 6) is -0.195. The fourth-order valence-electron chi connectivity index (χ4n) is 2.46. The lowest BCUT2D eigenvalue weighted by atomic mass is 10.1. The van der Waals surface area contributed by atoms with Crippen LogP contribution in [0.25, 0.3) is 11.0 Å². The number of carbonyl (C=O) groups excluding carboxylic acids is 1. The molecule has 0 radical (unpaired) electrons. The van der Waals surface area contributed by atoms with Crippen LogP contribution in [0.3, 0.4) is 0 Å². The highest BCUT2D eigenvalue weighted by Crippen LogP contribution is 2.18. The van der Waals surface area contributed by atoms with Crippen LogP contribution in [-0.4, -0.2) is 39.5 Å². The van der Waals surface area contributed by atoms with Crippen molar-refractivity contribution >= 4 is 28.7 Å². The first-order valence-corrected chi connectivity index (χ1v) is 8.70. The third-order valence-corrected chi connectivity index (χ3v) is 4.38. The van der Waals surface area contributed by atoms with Crippen LogP contribution in [0.5, 0.6) is 0 Å². The Hall–Kier alpha value is -2.35. The molecule has 1 amide bonds. The van der Waals surface area contributed by atoms with Gasteiger partial charge in [0.1, 0.15) is 11.0 Å². The topological polar surface area (TPSA) is 84.3 Å². The van der Waals surface area contributed by atoms with Crippen LogP contribution >= 0.6 is 11.7 Å². The van der Waals surface area contributed by atoms with Crippen molar-refractivity contribution in [2.45, 2.75) is 13.0 Å². The Morgan fingerprint density at radius 3 is 2.72 bits per heavy atom. The summed E-state index contributed by atoms with van der Waals surface area (Å²) in [6.07, 6.45) is -0.318. The van der Waals surface area contributed by atoms with Crippen molar-refractivity contribution in [3.63, 3.8) is 0 Å². The molecular formula is C18H19N3O3S. The maximum Gasteiger partial charge on any atom is 0.251 e. The van der Waals surface area contributed by atoms with E-state index >= 15 is 0 Å². The molecule has 3 aromatic rings. The molecule has 0 unspecified atom stereocenters. The molecule has 0 fully saturated rings. The fraction of sp³-hybridized carbons (Fsp3) is 0.278. The summed E-state index contributed by atoms with van der Waals surface area (Å²) in [4.78, 5) is 12.4. The van der Waals surface area contributed by atoms with E-state index < -0.39 is 0 Å². The molecule has 0 saturated carbocycles. The summed E-state index contributed by atoms with van der Waals surface area (Å²) >= 11 is 1.12. The molecule has 2 N–H and O–H groups in total. The van der Waals surface area contributed by atoms with Crippen LogP contribution in [0.1, 0.15) is 27.6 Å². The van der Waals surface area contributed by atoms with Crippen LogP contribution in [0.15, 0.2) is 42.5 Å². The summed E-state index contributed by atoms with van der Waals surface area (Å²) in [6, 6.07) is 13.2. The second-order valence-electron chi connectivity index (χ2n) is 5.67. The third kappa shape index (κ3) is 4.39. The Morgan fingerprint density at radius 2 is 1.96 bits per heavy atom. The first-order chi connectivity index (χ1) is 12.2. The number of nitrogens with zero attached hydrogens (tertiary/aromatic N) is 2. The fourth-order valence-corrected chi connectivity index (χ4v) is 2.98. The number of aliphatic hydroxyl groups is 1. The van der Waals surface area contributed by atoms with Gasteiger partial charge in [0.25, 0.3) is 5.91 Å². The largest absolute Gasteiger partial charge is 0.394 e. The Kier molecular flexibility index (Phi) is 5.70. The molecule has 2 aromatic carbocycles. The number of carbonyl (C=O) groups is 1. The molecule has 1 heterocycles. The molecule has 6 nitrogen and oxygen atoms in total. The molecule has 130 valence electrons. The number of amides is 1. The van der Waals surface area contributed by atoms with Gasteiger partial charge in [-0.2, -0.15) is 8.75 Å². The van der Waals surface area contributed by atoms with Gasteiger partial charge in [-0.25, -0.2) is 0 Å². The van der Waals surface area contributed by atoms with Crippen molar-refractivity contribution < 1.29 is 14.6 Å². The minimum absolute atomic E-state index is 0.0657. The number of aryl methyl sites for hydroxylation is 1. The van der Waals surface area contributed by atoms with Crippen molar-refractivity contribution in [3.05, 3.63) is 59.2 Å². The van der Waals surface area contributed by atoms with Gasteiger partial charge in [0.05, 0.1) is 31.0 Å². The van der Waals surface area contributed by atoms with E-state index in [0.717, 1.165) is 28.4 Å². The summed E-state index contributed by atoms with van der Waals surface area (Å²) < 4.78 is 14.0. The zero-order chi connectivity index (χ0) is 17.6. The highest BCUT2D eigenvalue weighted by atomic mass is 32.1. The van der Waals surface area contributed by atoms with Crippen LogP contribution in [0, 0.1) is 6.92 Å². The quantitative estimate of drug-likeness (QED) is 0.679. The molecule has 0 spiro atoms. The SMILES string of the molecule is Cc1ccc([C@@H](CNC(=O)c2ccc3nsnc3c2)OCCO)cc1. The Morgan fingerprint density at radius 1 is 1.20 bits per heavy atom. The molecule has 25 heavy (non-hydrogen) atoms. The normalized spacial score (nSPS) is 12.2. The molecule has 0 saturated heterocycles. The van der Waals surface area contributed by atoms with Gasteiger partial charge in [0.15, 0.2) is 0 Å². The number of hydrogen-bond donors (Lipinski definition) is 2. The number of ether oxygens (including phenoxy) is 1. The van der Waals surface area contributed by atoms with Crippen molar-refractivity contribution in [2.24, 2.45) is 0 Å². The summed E-state index contributed by atoms with van der Waals surface area (Å²) in [5, 5.41) is 11.9. The highest BCUT2D eigenvalue weighted by molar-refractivity contribution is 7.00. The van der Waals surface area contributed by atoms with Gasteiger partial charge in [-0.1, -0.05) is 29.8 Å². The average Bonchev–Trinajstić information content (AvgIpc) is 3.10. The van der Waals surface area contributed by atoms with Crippen molar-refractivity contribution in [1.82, 2.24) is 14.1 Å². The number of benzene rings is 2. The monoisotopic (exact) mass is 357 g/mol. The first kappa shape index (κ1) is 17.5. The van der Waals surface area contributed by atoms with E-state index in [4.69, 9.17) is 9.84 Å². The van der Waals surface area contributed by atoms with Gasteiger partial charge in [-0.15, -0.1) is 0 Å². The van der Waals surface area contributed by atoms with Crippen LogP contribution in [0.2, 0.25) is 0 Å². The molecule has 0 aliphatic heterocycles. The van der Waals surface area contributed by atoms with Crippen molar-refractivity contribution in [1.29, 1.82) is 0 Å². The van der Waals surface area contributed by atoms with E-state index in [9.17, 15) is 4.79 Å². The van der Waals surface area contributed by atoms with E-state index in [2.05, 4.69) is 14.1 Å². The van der Waals surface area contributed by atoms with Gasteiger partial charge in [-0.3, -0.25) is 4.79 Å². The lowest BCUT2D eigenvalue weighted by Gasteiger charge is -2.19. The number of hydrogen-bond acceptors (Lipinski definition) is 6. The van der Waals surface area contributed by atoms with Crippen molar-refractivity contribution in [3.8, 4) is 0 Å². The number of fused-ring (bicyclic) bond motifs is 1. The second-order valence-corrected chi connectivity index (χ2v) is 6.20. The maximum absolute atomic E-state index is 12.4. The van der Waals surface area contributed by atoms with E-state index in [0.29, 0.717) is 17.6 Å². The van der Waals surface area contributed by atoms with Crippen LogP contribution in [0.4, 0.5) is 0 Å². The average molecular weight is 357 g/mol. The molecule has 0 aliphatic rings.